The Morgan fingerprint density at radius 2 is 2.12 bits per heavy atom. The Balaban J connectivity index is 1.70. The van der Waals surface area contributed by atoms with Gasteiger partial charge in [0.15, 0.2) is 0 Å². The molecule has 0 radical (unpaired) electrons. The number of amides is 1. The Morgan fingerprint density at radius 1 is 1.32 bits per heavy atom. The molecule has 0 unspecified atom stereocenters. The van der Waals surface area contributed by atoms with Crippen molar-refractivity contribution in [3.05, 3.63) is 39.8 Å². The van der Waals surface area contributed by atoms with E-state index in [4.69, 9.17) is 0 Å². The van der Waals surface area contributed by atoms with Crippen molar-refractivity contribution in [1.82, 2.24) is 9.71 Å². The second-order valence-corrected chi connectivity index (χ2v) is 8.63. The molecule has 134 valence electrons. The topological polar surface area (TPSA) is 99.6 Å². The van der Waals surface area contributed by atoms with Crippen LogP contribution in [-0.2, 0) is 34.3 Å². The highest BCUT2D eigenvalue weighted by Gasteiger charge is 2.35. The van der Waals surface area contributed by atoms with Crippen molar-refractivity contribution in [2.75, 3.05) is 10.8 Å². The van der Waals surface area contributed by atoms with Crippen LogP contribution in [0.15, 0.2) is 24.4 Å². The number of hydrogen-bond acceptors (Lipinski definition) is 6. The van der Waals surface area contributed by atoms with Crippen LogP contribution in [0.3, 0.4) is 0 Å². The Morgan fingerprint density at radius 3 is 2.76 bits per heavy atom. The predicted octanol–water partition coefficient (Wildman–Crippen LogP) is 1.77. The van der Waals surface area contributed by atoms with Crippen molar-refractivity contribution < 1.29 is 18.3 Å². The molecule has 7 nitrogen and oxygen atoms in total. The van der Waals surface area contributed by atoms with Crippen LogP contribution in [0.25, 0.3) is 0 Å². The van der Waals surface area contributed by atoms with Gasteiger partial charge in [0.2, 0.25) is 0 Å². The molecule has 2 aromatic rings. The van der Waals surface area contributed by atoms with Crippen LogP contribution in [0.4, 0.5) is 5.69 Å². The molecule has 1 aromatic carbocycles. The third-order valence-corrected chi connectivity index (χ3v) is 6.36. The van der Waals surface area contributed by atoms with Crippen molar-refractivity contribution in [1.29, 1.82) is 0 Å². The Hall–Kier alpha value is -2.13. The molecular formula is C16H19N3O4S2. The summed E-state index contributed by atoms with van der Waals surface area (Å²) in [4.78, 5) is 16.9. The number of nitrogens with zero attached hydrogens (tertiary/aromatic N) is 2. The van der Waals surface area contributed by atoms with Gasteiger partial charge in [-0.1, -0.05) is 13.0 Å². The quantitative estimate of drug-likeness (QED) is 0.794. The first kappa shape index (κ1) is 17.7. The number of anilines is 1. The second-order valence-electron chi connectivity index (χ2n) is 5.83. The zero-order valence-electron chi connectivity index (χ0n) is 13.7. The SMILES string of the molecule is CCCc1ncc(CCc2ccc(N3CC(=O)NS3(=O)=O)c(O)c2)s1. The molecule has 0 saturated carbocycles. The first-order valence-electron chi connectivity index (χ1n) is 7.98. The van der Waals surface area contributed by atoms with E-state index in [0.717, 1.165) is 34.1 Å². The first-order chi connectivity index (χ1) is 11.9. The Kier molecular flexibility index (Phi) is 4.96. The fraction of sp³-hybridized carbons (Fsp3) is 0.375. The van der Waals surface area contributed by atoms with Gasteiger partial charge >= 0.3 is 10.2 Å². The van der Waals surface area contributed by atoms with Crippen LogP contribution in [0.1, 0.15) is 28.8 Å². The van der Waals surface area contributed by atoms with Crippen molar-refractivity contribution in [2.24, 2.45) is 0 Å². The minimum absolute atomic E-state index is 0.102. The van der Waals surface area contributed by atoms with Gasteiger partial charge in [0.25, 0.3) is 5.91 Å². The number of aromatic nitrogens is 1. The molecule has 1 fully saturated rings. The number of aryl methyl sites for hydroxylation is 3. The average molecular weight is 381 g/mol. The smallest absolute Gasteiger partial charge is 0.326 e. The van der Waals surface area contributed by atoms with E-state index in [1.165, 1.54) is 10.9 Å². The lowest BCUT2D eigenvalue weighted by atomic mass is 10.1. The summed E-state index contributed by atoms with van der Waals surface area (Å²) in [6.45, 7) is 1.80. The summed E-state index contributed by atoms with van der Waals surface area (Å²) < 4.78 is 26.5. The maximum Gasteiger partial charge on any atom is 0.326 e. The monoisotopic (exact) mass is 381 g/mol. The first-order valence-corrected chi connectivity index (χ1v) is 10.2. The van der Waals surface area contributed by atoms with Crippen LogP contribution in [0, 0.1) is 0 Å². The van der Waals surface area contributed by atoms with Gasteiger partial charge in [-0.2, -0.15) is 8.42 Å². The lowest BCUT2D eigenvalue weighted by molar-refractivity contribution is -0.117. The number of thiazole rings is 1. The molecule has 9 heteroatoms. The van der Waals surface area contributed by atoms with Gasteiger partial charge in [-0.15, -0.1) is 11.3 Å². The van der Waals surface area contributed by atoms with Gasteiger partial charge in [0.05, 0.1) is 10.7 Å². The van der Waals surface area contributed by atoms with E-state index in [9.17, 15) is 18.3 Å². The standard InChI is InChI=1S/C16H19N3O4S2/c1-2-3-16-17-9-12(24-16)6-4-11-5-7-13(14(20)8-11)19-10-15(21)18-25(19,22)23/h5,7-9,20H,2-4,6,10H2,1H3,(H,18,21). The number of phenols is 1. The van der Waals surface area contributed by atoms with Gasteiger partial charge in [0.1, 0.15) is 12.3 Å². The number of carbonyl (C=O) groups excluding carboxylic acids is 1. The van der Waals surface area contributed by atoms with Crippen LogP contribution < -0.4 is 9.03 Å². The highest BCUT2D eigenvalue weighted by atomic mass is 32.2. The minimum atomic E-state index is -3.92. The molecule has 1 aliphatic heterocycles. The summed E-state index contributed by atoms with van der Waals surface area (Å²) in [6, 6.07) is 4.83. The molecule has 1 aromatic heterocycles. The largest absolute Gasteiger partial charge is 0.506 e. The van der Waals surface area contributed by atoms with E-state index < -0.39 is 16.1 Å². The van der Waals surface area contributed by atoms with Gasteiger partial charge in [-0.25, -0.2) is 14.0 Å². The normalized spacial score (nSPS) is 16.2. The highest BCUT2D eigenvalue weighted by Crippen LogP contribution is 2.31. The van der Waals surface area contributed by atoms with Crippen LogP contribution in [-0.4, -0.2) is 31.0 Å². The number of hydrogen-bond donors (Lipinski definition) is 2. The average Bonchev–Trinajstić information content (AvgIpc) is 3.09. The van der Waals surface area contributed by atoms with Crippen LogP contribution in [0.5, 0.6) is 5.75 Å². The number of benzene rings is 1. The summed E-state index contributed by atoms with van der Waals surface area (Å²) in [7, 11) is -3.92. The molecule has 2 N–H and O–H groups in total. The summed E-state index contributed by atoms with van der Waals surface area (Å²) in [5.41, 5.74) is 0.993. The number of nitrogens with one attached hydrogen (secondary N) is 1. The van der Waals surface area contributed by atoms with Crippen molar-refractivity contribution in [3.8, 4) is 5.75 Å². The summed E-state index contributed by atoms with van der Waals surface area (Å²) >= 11 is 1.70. The molecule has 2 heterocycles. The Bertz CT molecular complexity index is 893. The van der Waals surface area contributed by atoms with E-state index >= 15 is 0 Å². The van der Waals surface area contributed by atoms with Crippen molar-refractivity contribution in [3.63, 3.8) is 0 Å². The zero-order valence-corrected chi connectivity index (χ0v) is 15.4. The molecule has 1 saturated heterocycles. The number of phenolic OH excluding ortho intramolecular Hbond substituents is 1. The van der Waals surface area contributed by atoms with E-state index in [1.54, 1.807) is 23.5 Å². The zero-order chi connectivity index (χ0) is 18.0. The summed E-state index contributed by atoms with van der Waals surface area (Å²) in [5.74, 6) is -0.773. The van der Waals surface area contributed by atoms with E-state index in [0.29, 0.717) is 6.42 Å². The second kappa shape index (κ2) is 7.01. The molecule has 0 bridgehead atoms. The molecule has 0 atom stereocenters. The summed E-state index contributed by atoms with van der Waals surface area (Å²) in [5, 5.41) is 11.3. The van der Waals surface area contributed by atoms with Crippen molar-refractivity contribution >= 4 is 33.1 Å². The molecule has 0 aliphatic carbocycles. The van der Waals surface area contributed by atoms with E-state index in [-0.39, 0.29) is 18.0 Å². The van der Waals surface area contributed by atoms with E-state index in [2.05, 4.69) is 11.9 Å². The van der Waals surface area contributed by atoms with E-state index in [1.807, 2.05) is 10.9 Å². The predicted molar refractivity (Wildman–Crippen MR) is 96.0 cm³/mol. The third kappa shape index (κ3) is 3.93. The summed E-state index contributed by atoms with van der Waals surface area (Å²) in [6.07, 6.45) is 5.46. The maximum atomic E-state index is 11.9. The number of carbonyl (C=O) groups is 1. The molecule has 25 heavy (non-hydrogen) atoms. The molecule has 1 aliphatic rings. The van der Waals surface area contributed by atoms with Crippen LogP contribution >= 0.6 is 11.3 Å². The molecule has 0 spiro atoms. The Labute approximate surface area is 150 Å². The fourth-order valence-electron chi connectivity index (χ4n) is 2.66. The minimum Gasteiger partial charge on any atom is -0.506 e. The lowest BCUT2D eigenvalue weighted by Gasteiger charge is -2.16. The molecular weight excluding hydrogens is 362 g/mol. The third-order valence-electron chi connectivity index (χ3n) is 3.85. The number of rotatable bonds is 6. The fourth-order valence-corrected chi connectivity index (χ4v) is 4.84. The van der Waals surface area contributed by atoms with Gasteiger partial charge in [-0.3, -0.25) is 4.79 Å². The maximum absolute atomic E-state index is 11.9. The molecule has 1 amide bonds. The molecule has 3 rings (SSSR count). The van der Waals surface area contributed by atoms with Crippen LogP contribution in [0.2, 0.25) is 0 Å². The van der Waals surface area contributed by atoms with Gasteiger partial charge in [-0.05, 0) is 43.4 Å². The van der Waals surface area contributed by atoms with Gasteiger partial charge in [0, 0.05) is 11.1 Å². The lowest BCUT2D eigenvalue weighted by Crippen LogP contribution is -2.29. The highest BCUT2D eigenvalue weighted by molar-refractivity contribution is 7.92. The van der Waals surface area contributed by atoms with Crippen molar-refractivity contribution in [2.45, 2.75) is 32.6 Å². The number of aromatic hydroxyl groups is 1. The van der Waals surface area contributed by atoms with Gasteiger partial charge < -0.3 is 5.11 Å².